The van der Waals surface area contributed by atoms with E-state index in [0.29, 0.717) is 5.92 Å². The van der Waals surface area contributed by atoms with Crippen molar-refractivity contribution in [3.63, 3.8) is 0 Å². The van der Waals surface area contributed by atoms with Gasteiger partial charge in [-0.05, 0) is 52.8 Å². The number of nitrogens with zero attached hydrogens (tertiary/aromatic N) is 1. The second-order valence-electron chi connectivity index (χ2n) is 7.83. The molecule has 2 atom stereocenters. The van der Waals surface area contributed by atoms with Crippen molar-refractivity contribution >= 4 is 23.9 Å². The Morgan fingerprint density at radius 3 is 2.35 bits per heavy atom. The molecule has 2 aromatic carbocycles. The van der Waals surface area contributed by atoms with Gasteiger partial charge in [-0.1, -0.05) is 57.2 Å². The summed E-state index contributed by atoms with van der Waals surface area (Å²) >= 11 is 1.70. The number of carbonyl (C=O) groups excluding carboxylic acids is 1. The lowest BCUT2D eigenvalue weighted by Gasteiger charge is -2.19. The van der Waals surface area contributed by atoms with Crippen molar-refractivity contribution in [1.82, 2.24) is 5.43 Å². The smallest absolute Gasteiger partial charge is 0.243 e. The zero-order chi connectivity index (χ0) is 18.7. The van der Waals surface area contributed by atoms with Crippen LogP contribution in [0, 0.1) is 5.92 Å². The number of hydrogen-bond acceptors (Lipinski definition) is 3. The van der Waals surface area contributed by atoms with Crippen molar-refractivity contribution in [3.8, 4) is 0 Å². The Balaban J connectivity index is 1.53. The second-order valence-corrected chi connectivity index (χ2v) is 8.71. The van der Waals surface area contributed by atoms with Crippen LogP contribution in [0.2, 0.25) is 0 Å². The molecule has 0 saturated heterocycles. The van der Waals surface area contributed by atoms with E-state index < -0.39 is 0 Å². The van der Waals surface area contributed by atoms with Crippen LogP contribution in [0.15, 0.2) is 58.5 Å². The third kappa shape index (κ3) is 4.55. The number of hydrogen-bond donors (Lipinski definition) is 1. The van der Waals surface area contributed by atoms with E-state index in [2.05, 4.69) is 55.6 Å². The van der Waals surface area contributed by atoms with Gasteiger partial charge in [0.05, 0.1) is 6.21 Å². The van der Waals surface area contributed by atoms with Crippen LogP contribution in [-0.4, -0.2) is 18.4 Å². The maximum atomic E-state index is 12.3. The molecule has 2 aromatic rings. The average molecular weight is 367 g/mol. The van der Waals surface area contributed by atoms with Gasteiger partial charge in [0.15, 0.2) is 0 Å². The molecule has 136 valence electrons. The van der Waals surface area contributed by atoms with Crippen LogP contribution in [0.5, 0.6) is 0 Å². The summed E-state index contributed by atoms with van der Waals surface area (Å²) in [7, 11) is 0. The lowest BCUT2D eigenvalue weighted by molar-refractivity contribution is -0.122. The molecule has 0 aromatic heterocycles. The fourth-order valence-corrected chi connectivity index (χ4v) is 3.44. The Morgan fingerprint density at radius 1 is 1.12 bits per heavy atom. The predicted octanol–water partition coefficient (Wildman–Crippen LogP) is 4.96. The van der Waals surface area contributed by atoms with Crippen molar-refractivity contribution in [2.24, 2.45) is 11.0 Å². The topological polar surface area (TPSA) is 41.5 Å². The summed E-state index contributed by atoms with van der Waals surface area (Å²) in [4.78, 5) is 13.5. The van der Waals surface area contributed by atoms with Crippen LogP contribution in [0.4, 0.5) is 0 Å². The molecular formula is C22H26N2OS. The van der Waals surface area contributed by atoms with E-state index in [9.17, 15) is 4.79 Å². The molecule has 1 fully saturated rings. The Kier molecular flexibility index (Phi) is 5.52. The molecule has 0 unspecified atom stereocenters. The van der Waals surface area contributed by atoms with Gasteiger partial charge in [-0.25, -0.2) is 5.43 Å². The van der Waals surface area contributed by atoms with E-state index in [1.54, 1.807) is 18.0 Å². The first-order valence-corrected chi connectivity index (χ1v) is 10.2. The Morgan fingerprint density at radius 2 is 1.77 bits per heavy atom. The molecule has 0 radical (unpaired) electrons. The van der Waals surface area contributed by atoms with Crippen molar-refractivity contribution in [2.75, 3.05) is 6.26 Å². The van der Waals surface area contributed by atoms with Crippen LogP contribution in [-0.2, 0) is 10.2 Å². The first-order chi connectivity index (χ1) is 12.4. The molecule has 3 rings (SSSR count). The highest BCUT2D eigenvalue weighted by Gasteiger charge is 2.43. The molecule has 0 spiro atoms. The fourth-order valence-electron chi connectivity index (χ4n) is 3.03. The number of rotatable bonds is 5. The molecule has 0 bridgehead atoms. The fraction of sp³-hybridized carbons (Fsp3) is 0.364. The lowest BCUT2D eigenvalue weighted by atomic mass is 9.86. The summed E-state index contributed by atoms with van der Waals surface area (Å²) in [6.07, 6.45) is 4.64. The van der Waals surface area contributed by atoms with E-state index in [1.807, 2.05) is 30.5 Å². The molecule has 26 heavy (non-hydrogen) atoms. The summed E-state index contributed by atoms with van der Waals surface area (Å²) in [5.41, 5.74) is 6.38. The van der Waals surface area contributed by atoms with Gasteiger partial charge < -0.3 is 0 Å². The van der Waals surface area contributed by atoms with Crippen molar-refractivity contribution in [3.05, 3.63) is 65.2 Å². The number of nitrogens with one attached hydrogen (secondary N) is 1. The van der Waals surface area contributed by atoms with Crippen LogP contribution >= 0.6 is 11.8 Å². The first kappa shape index (κ1) is 18.7. The van der Waals surface area contributed by atoms with Crippen molar-refractivity contribution in [1.29, 1.82) is 0 Å². The minimum atomic E-state index is 0.00637. The Bertz CT molecular complexity index is 788. The molecular weight excluding hydrogens is 340 g/mol. The second kappa shape index (κ2) is 7.67. The number of hydrazone groups is 1. The van der Waals surface area contributed by atoms with E-state index in [0.717, 1.165) is 12.0 Å². The molecule has 0 heterocycles. The number of carbonyl (C=O) groups is 1. The number of benzene rings is 2. The summed E-state index contributed by atoms with van der Waals surface area (Å²) in [6.45, 7) is 6.63. The van der Waals surface area contributed by atoms with E-state index in [-0.39, 0.29) is 17.2 Å². The minimum absolute atomic E-state index is 0.00637. The SMILES string of the molecule is CSc1ccc(C=NNC(=O)[C@H]2C[C@H]2c2ccc(C(C)(C)C)cc2)cc1. The highest BCUT2D eigenvalue weighted by Crippen LogP contribution is 2.47. The standard InChI is InChI=1S/C22H26N2OS/c1-22(2,3)17-9-7-16(8-10-17)19-13-20(19)21(25)24-23-14-15-5-11-18(26-4)12-6-15/h5-12,14,19-20H,13H2,1-4H3,(H,24,25)/t19-,20-/m0/s1. The first-order valence-electron chi connectivity index (χ1n) is 8.96. The van der Waals surface area contributed by atoms with Crippen molar-refractivity contribution < 1.29 is 4.79 Å². The summed E-state index contributed by atoms with van der Waals surface area (Å²) in [5.74, 6) is 0.360. The third-order valence-electron chi connectivity index (χ3n) is 4.84. The highest BCUT2D eigenvalue weighted by molar-refractivity contribution is 7.98. The van der Waals surface area contributed by atoms with Gasteiger partial charge in [0.1, 0.15) is 0 Å². The lowest BCUT2D eigenvalue weighted by Crippen LogP contribution is -2.20. The average Bonchev–Trinajstić information content (AvgIpc) is 3.42. The van der Waals surface area contributed by atoms with Crippen molar-refractivity contribution in [2.45, 2.75) is 43.4 Å². The van der Waals surface area contributed by atoms with Gasteiger partial charge in [0.25, 0.3) is 0 Å². The molecule has 4 heteroatoms. The maximum Gasteiger partial charge on any atom is 0.243 e. The van der Waals surface area contributed by atoms with Gasteiger partial charge in [-0.2, -0.15) is 5.10 Å². The van der Waals surface area contributed by atoms with Crippen LogP contribution in [0.3, 0.4) is 0 Å². The molecule has 1 N–H and O–H groups in total. The van der Waals surface area contributed by atoms with Crippen LogP contribution in [0.25, 0.3) is 0 Å². The summed E-state index contributed by atoms with van der Waals surface area (Å²) < 4.78 is 0. The highest BCUT2D eigenvalue weighted by atomic mass is 32.2. The quantitative estimate of drug-likeness (QED) is 0.462. The van der Waals surface area contributed by atoms with Gasteiger partial charge in [0, 0.05) is 10.8 Å². The number of thioether (sulfide) groups is 1. The molecule has 1 saturated carbocycles. The zero-order valence-corrected chi connectivity index (χ0v) is 16.6. The largest absolute Gasteiger partial charge is 0.273 e. The molecule has 1 aliphatic carbocycles. The van der Waals surface area contributed by atoms with Crippen LogP contribution in [0.1, 0.15) is 49.8 Å². The van der Waals surface area contributed by atoms with Gasteiger partial charge in [-0.15, -0.1) is 11.8 Å². The molecule has 1 aliphatic rings. The summed E-state index contributed by atoms with van der Waals surface area (Å²) in [5, 5.41) is 4.10. The monoisotopic (exact) mass is 366 g/mol. The number of amides is 1. The van der Waals surface area contributed by atoms with Crippen LogP contribution < -0.4 is 5.43 Å². The summed E-state index contributed by atoms with van der Waals surface area (Å²) in [6, 6.07) is 16.8. The predicted molar refractivity (Wildman–Crippen MR) is 110 cm³/mol. The van der Waals surface area contributed by atoms with Gasteiger partial charge in [0.2, 0.25) is 5.91 Å². The van der Waals surface area contributed by atoms with Gasteiger partial charge >= 0.3 is 0 Å². The Hall–Kier alpha value is -2.07. The minimum Gasteiger partial charge on any atom is -0.273 e. The van der Waals surface area contributed by atoms with Gasteiger partial charge in [-0.3, -0.25) is 4.79 Å². The Labute approximate surface area is 160 Å². The van der Waals surface area contributed by atoms with E-state index in [4.69, 9.17) is 0 Å². The van der Waals surface area contributed by atoms with E-state index >= 15 is 0 Å². The maximum absolute atomic E-state index is 12.3. The normalized spacial score (nSPS) is 19.5. The molecule has 3 nitrogen and oxygen atoms in total. The van der Waals surface area contributed by atoms with E-state index in [1.165, 1.54) is 16.0 Å². The third-order valence-corrected chi connectivity index (χ3v) is 5.58. The molecule has 1 amide bonds. The molecule has 0 aliphatic heterocycles. The zero-order valence-electron chi connectivity index (χ0n) is 15.8.